The Morgan fingerprint density at radius 1 is 1.05 bits per heavy atom. The largest absolute Gasteiger partial charge is 0.370 e. The van der Waals surface area contributed by atoms with E-state index in [4.69, 9.17) is 0 Å². The predicted octanol–water partition coefficient (Wildman–Crippen LogP) is 3.43. The van der Waals surface area contributed by atoms with Crippen LogP contribution in [-0.4, -0.2) is 11.9 Å². The van der Waals surface area contributed by atoms with Gasteiger partial charge in [-0.05, 0) is 37.5 Å². The molecule has 1 saturated carbocycles. The Hall–Kier alpha value is -2.29. The van der Waals surface area contributed by atoms with Crippen molar-refractivity contribution in [1.29, 1.82) is 0 Å². The van der Waals surface area contributed by atoms with Gasteiger partial charge in [0, 0.05) is 11.7 Å². The smallest absolute Gasteiger partial charge is 0.247 e. The van der Waals surface area contributed by atoms with Crippen molar-refractivity contribution in [3.8, 4) is 0 Å². The summed E-state index contributed by atoms with van der Waals surface area (Å²) in [6, 6.07) is 18.0. The van der Waals surface area contributed by atoms with Crippen molar-refractivity contribution < 1.29 is 4.79 Å². The van der Waals surface area contributed by atoms with E-state index in [2.05, 4.69) is 17.6 Å². The number of carbonyl (C=O) groups is 1. The van der Waals surface area contributed by atoms with E-state index in [-0.39, 0.29) is 11.9 Å². The molecule has 2 aromatic rings. The van der Waals surface area contributed by atoms with Gasteiger partial charge < -0.3 is 10.6 Å². The molecule has 1 unspecified atom stereocenters. The summed E-state index contributed by atoms with van der Waals surface area (Å²) in [5.74, 6) is 0.0456. The van der Waals surface area contributed by atoms with Crippen molar-refractivity contribution in [3.63, 3.8) is 0 Å². The molecule has 1 aliphatic carbocycles. The molecule has 1 fully saturated rings. The van der Waals surface area contributed by atoms with Gasteiger partial charge in [-0.15, -0.1) is 0 Å². The zero-order valence-corrected chi connectivity index (χ0v) is 12.2. The van der Waals surface area contributed by atoms with E-state index in [1.165, 1.54) is 5.56 Å². The van der Waals surface area contributed by atoms with E-state index < -0.39 is 0 Å². The van der Waals surface area contributed by atoms with Crippen molar-refractivity contribution in [1.82, 2.24) is 5.32 Å². The Labute approximate surface area is 125 Å². The quantitative estimate of drug-likeness (QED) is 0.881. The first kappa shape index (κ1) is 13.7. The first-order valence-electron chi connectivity index (χ1n) is 7.41. The van der Waals surface area contributed by atoms with Crippen LogP contribution in [0.15, 0.2) is 54.6 Å². The van der Waals surface area contributed by atoms with E-state index in [9.17, 15) is 4.79 Å². The molecule has 0 spiro atoms. The number of aryl methyl sites for hydroxylation is 1. The van der Waals surface area contributed by atoms with Crippen LogP contribution < -0.4 is 10.6 Å². The van der Waals surface area contributed by atoms with Gasteiger partial charge in [-0.1, -0.05) is 48.0 Å². The monoisotopic (exact) mass is 280 g/mol. The number of hydrogen-bond donors (Lipinski definition) is 2. The maximum atomic E-state index is 12.5. The fraction of sp³-hybridized carbons (Fsp3) is 0.278. The second-order valence-electron chi connectivity index (χ2n) is 5.64. The second kappa shape index (κ2) is 6.00. The number of nitrogens with one attached hydrogen (secondary N) is 2. The summed E-state index contributed by atoms with van der Waals surface area (Å²) in [6.45, 7) is 2.05. The maximum Gasteiger partial charge on any atom is 0.247 e. The van der Waals surface area contributed by atoms with Gasteiger partial charge in [0.1, 0.15) is 6.04 Å². The predicted molar refractivity (Wildman–Crippen MR) is 85.1 cm³/mol. The van der Waals surface area contributed by atoms with Gasteiger partial charge in [0.2, 0.25) is 5.91 Å². The molecule has 0 saturated heterocycles. The third kappa shape index (κ3) is 3.63. The Morgan fingerprint density at radius 2 is 1.71 bits per heavy atom. The van der Waals surface area contributed by atoms with Crippen LogP contribution in [0.3, 0.4) is 0 Å². The van der Waals surface area contributed by atoms with Gasteiger partial charge in [0.15, 0.2) is 0 Å². The minimum absolute atomic E-state index is 0.0456. The van der Waals surface area contributed by atoms with Gasteiger partial charge in [-0.25, -0.2) is 0 Å². The van der Waals surface area contributed by atoms with Gasteiger partial charge in [-0.2, -0.15) is 0 Å². The van der Waals surface area contributed by atoms with Crippen LogP contribution in [-0.2, 0) is 4.79 Å². The molecule has 21 heavy (non-hydrogen) atoms. The molecule has 1 aliphatic rings. The zero-order chi connectivity index (χ0) is 14.7. The SMILES string of the molecule is Cc1ccc(NC(C(=O)NC2CC2)c2ccccc2)cc1. The summed E-state index contributed by atoms with van der Waals surface area (Å²) < 4.78 is 0. The Balaban J connectivity index is 1.80. The van der Waals surface area contributed by atoms with Crippen LogP contribution >= 0.6 is 0 Å². The summed E-state index contributed by atoms with van der Waals surface area (Å²) in [6.07, 6.45) is 2.19. The fourth-order valence-corrected chi connectivity index (χ4v) is 2.27. The standard InChI is InChI=1S/C18H20N2O/c1-13-7-9-15(10-8-13)19-17(14-5-3-2-4-6-14)18(21)20-16-11-12-16/h2-10,16-17,19H,11-12H2,1H3,(H,20,21). The number of anilines is 1. The van der Waals surface area contributed by atoms with Crippen LogP contribution in [0.1, 0.15) is 30.0 Å². The van der Waals surface area contributed by atoms with Crippen LogP contribution in [0, 0.1) is 6.92 Å². The van der Waals surface area contributed by atoms with Gasteiger partial charge in [0.25, 0.3) is 0 Å². The topological polar surface area (TPSA) is 41.1 Å². The lowest BCUT2D eigenvalue weighted by molar-refractivity contribution is -0.122. The van der Waals surface area contributed by atoms with E-state index in [1.54, 1.807) is 0 Å². The number of carbonyl (C=O) groups excluding carboxylic acids is 1. The molecular formula is C18H20N2O. The Morgan fingerprint density at radius 3 is 2.33 bits per heavy atom. The van der Waals surface area contributed by atoms with E-state index in [1.807, 2.05) is 54.6 Å². The van der Waals surface area contributed by atoms with Crippen LogP contribution in [0.4, 0.5) is 5.69 Å². The van der Waals surface area contributed by atoms with E-state index in [0.717, 1.165) is 24.1 Å². The van der Waals surface area contributed by atoms with Crippen molar-refractivity contribution in [3.05, 3.63) is 65.7 Å². The third-order valence-electron chi connectivity index (χ3n) is 3.68. The summed E-state index contributed by atoms with van der Waals surface area (Å²) in [7, 11) is 0. The summed E-state index contributed by atoms with van der Waals surface area (Å²) in [5, 5.41) is 6.43. The number of benzene rings is 2. The summed E-state index contributed by atoms with van der Waals surface area (Å²) in [5.41, 5.74) is 3.15. The van der Waals surface area contributed by atoms with Crippen LogP contribution in [0.5, 0.6) is 0 Å². The first-order chi connectivity index (χ1) is 10.2. The fourth-order valence-electron chi connectivity index (χ4n) is 2.27. The maximum absolute atomic E-state index is 12.5. The molecule has 0 aromatic heterocycles. The lowest BCUT2D eigenvalue weighted by Crippen LogP contribution is -2.34. The minimum Gasteiger partial charge on any atom is -0.370 e. The van der Waals surface area contributed by atoms with Gasteiger partial charge >= 0.3 is 0 Å². The molecular weight excluding hydrogens is 260 g/mol. The molecule has 1 amide bonds. The van der Waals surface area contributed by atoms with Crippen molar-refractivity contribution >= 4 is 11.6 Å². The van der Waals surface area contributed by atoms with Gasteiger partial charge in [-0.3, -0.25) is 4.79 Å². The third-order valence-corrected chi connectivity index (χ3v) is 3.68. The number of amides is 1. The normalized spacial score (nSPS) is 15.3. The van der Waals surface area contributed by atoms with Crippen molar-refractivity contribution in [2.45, 2.75) is 31.8 Å². The first-order valence-corrected chi connectivity index (χ1v) is 7.41. The molecule has 0 bridgehead atoms. The lowest BCUT2D eigenvalue weighted by atomic mass is 10.1. The van der Waals surface area contributed by atoms with Crippen LogP contribution in [0.2, 0.25) is 0 Å². The highest BCUT2D eigenvalue weighted by Crippen LogP contribution is 2.24. The molecule has 3 nitrogen and oxygen atoms in total. The average Bonchev–Trinajstić information content (AvgIpc) is 3.31. The highest BCUT2D eigenvalue weighted by Gasteiger charge is 2.28. The highest BCUT2D eigenvalue weighted by atomic mass is 16.2. The molecule has 0 radical (unpaired) electrons. The minimum atomic E-state index is -0.352. The molecule has 0 aliphatic heterocycles. The lowest BCUT2D eigenvalue weighted by Gasteiger charge is -2.20. The van der Waals surface area contributed by atoms with E-state index >= 15 is 0 Å². The second-order valence-corrected chi connectivity index (χ2v) is 5.64. The highest BCUT2D eigenvalue weighted by molar-refractivity contribution is 5.86. The number of rotatable bonds is 5. The summed E-state index contributed by atoms with van der Waals surface area (Å²) >= 11 is 0. The average molecular weight is 280 g/mol. The zero-order valence-electron chi connectivity index (χ0n) is 12.2. The van der Waals surface area contributed by atoms with Gasteiger partial charge in [0.05, 0.1) is 0 Å². The van der Waals surface area contributed by atoms with Crippen LogP contribution in [0.25, 0.3) is 0 Å². The van der Waals surface area contributed by atoms with Crippen molar-refractivity contribution in [2.24, 2.45) is 0 Å². The molecule has 108 valence electrons. The molecule has 1 atom stereocenters. The molecule has 0 heterocycles. The van der Waals surface area contributed by atoms with Crippen molar-refractivity contribution in [2.75, 3.05) is 5.32 Å². The molecule has 3 heteroatoms. The Bertz CT molecular complexity index is 603. The molecule has 2 aromatic carbocycles. The molecule has 2 N–H and O–H groups in total. The van der Waals surface area contributed by atoms with E-state index in [0.29, 0.717) is 6.04 Å². The Kier molecular flexibility index (Phi) is 3.91. The number of hydrogen-bond acceptors (Lipinski definition) is 2. The summed E-state index contributed by atoms with van der Waals surface area (Å²) in [4.78, 5) is 12.5. The molecule has 3 rings (SSSR count).